The molecule has 1 saturated heterocycles. The van der Waals surface area contributed by atoms with E-state index < -0.39 is 0 Å². The van der Waals surface area contributed by atoms with Crippen molar-refractivity contribution in [3.63, 3.8) is 0 Å². The molecule has 2 rings (SSSR count). The van der Waals surface area contributed by atoms with Crippen LogP contribution in [0.15, 0.2) is 0 Å². The predicted octanol–water partition coefficient (Wildman–Crippen LogP) is 2.60. The maximum absolute atomic E-state index is 3.51. The largest absolute Gasteiger partial charge is 0.316 e. The first-order valence-electron chi connectivity index (χ1n) is 5.17. The molecule has 0 radical (unpaired) electrons. The van der Waals surface area contributed by atoms with Crippen molar-refractivity contribution in [3.05, 3.63) is 0 Å². The smallest absolute Gasteiger partial charge is 0.00179 e. The highest BCUT2D eigenvalue weighted by Gasteiger charge is 2.25. The molecule has 1 nitrogen and oxygen atoms in total. The molecular weight excluding hydrogens is 170 g/mol. The Morgan fingerprint density at radius 1 is 0.833 bits per heavy atom. The third kappa shape index (κ3) is 2.37. The molecule has 0 bridgehead atoms. The molecule has 2 atom stereocenters. The van der Waals surface area contributed by atoms with E-state index in [1.54, 1.807) is 0 Å². The first-order valence-corrected chi connectivity index (χ1v) is 5.17. The third-order valence-electron chi connectivity index (χ3n) is 3.41. The van der Waals surface area contributed by atoms with Crippen LogP contribution in [0, 0.1) is 11.8 Å². The minimum Gasteiger partial charge on any atom is -0.316 e. The highest BCUT2D eigenvalue weighted by Crippen LogP contribution is 2.32. The van der Waals surface area contributed by atoms with Gasteiger partial charge in [0.05, 0.1) is 0 Å². The summed E-state index contributed by atoms with van der Waals surface area (Å²) in [5.41, 5.74) is 0. The lowest BCUT2D eigenvalue weighted by molar-refractivity contribution is 0.241. The SMILES string of the molecule is C1CCC2CCNCC2CC1.Cl. The number of piperidine rings is 1. The number of hydrogen-bond acceptors (Lipinski definition) is 1. The number of fused-ring (bicyclic) bond motifs is 1. The van der Waals surface area contributed by atoms with E-state index in [0.717, 1.165) is 11.8 Å². The standard InChI is InChI=1S/C10H19N.ClH/c1-2-4-9-6-7-11-8-10(9)5-3-1;/h9-11H,1-8H2;1H. The minimum absolute atomic E-state index is 0. The maximum atomic E-state index is 3.51. The van der Waals surface area contributed by atoms with Gasteiger partial charge >= 0.3 is 0 Å². The van der Waals surface area contributed by atoms with Crippen LogP contribution < -0.4 is 5.32 Å². The van der Waals surface area contributed by atoms with E-state index in [9.17, 15) is 0 Å². The molecule has 1 aliphatic carbocycles. The molecule has 1 aliphatic heterocycles. The van der Waals surface area contributed by atoms with Crippen LogP contribution in [-0.2, 0) is 0 Å². The van der Waals surface area contributed by atoms with Crippen LogP contribution in [-0.4, -0.2) is 13.1 Å². The molecule has 0 aromatic carbocycles. The number of hydrogen-bond donors (Lipinski definition) is 1. The molecule has 2 unspecified atom stereocenters. The van der Waals surface area contributed by atoms with Gasteiger partial charge in [-0.3, -0.25) is 0 Å². The highest BCUT2D eigenvalue weighted by molar-refractivity contribution is 5.85. The fourth-order valence-corrected chi connectivity index (χ4v) is 2.68. The van der Waals surface area contributed by atoms with Crippen LogP contribution in [0.5, 0.6) is 0 Å². The van der Waals surface area contributed by atoms with Crippen LogP contribution in [0.2, 0.25) is 0 Å². The second-order valence-electron chi connectivity index (χ2n) is 4.15. The molecular formula is C10H20ClN. The van der Waals surface area contributed by atoms with Crippen molar-refractivity contribution < 1.29 is 0 Å². The first kappa shape index (κ1) is 10.3. The second-order valence-corrected chi connectivity index (χ2v) is 4.15. The number of rotatable bonds is 0. The van der Waals surface area contributed by atoms with E-state index in [-0.39, 0.29) is 12.4 Å². The lowest BCUT2D eigenvalue weighted by atomic mass is 9.83. The topological polar surface area (TPSA) is 12.0 Å². The zero-order valence-corrected chi connectivity index (χ0v) is 8.54. The molecule has 1 N–H and O–H groups in total. The Labute approximate surface area is 81.7 Å². The summed E-state index contributed by atoms with van der Waals surface area (Å²) in [6.45, 7) is 2.59. The molecule has 2 aliphatic rings. The van der Waals surface area contributed by atoms with Gasteiger partial charge in [0.1, 0.15) is 0 Å². The molecule has 0 spiro atoms. The maximum Gasteiger partial charge on any atom is -0.00179 e. The molecule has 1 heterocycles. The van der Waals surface area contributed by atoms with Crippen molar-refractivity contribution in [2.24, 2.45) is 11.8 Å². The highest BCUT2D eigenvalue weighted by atomic mass is 35.5. The average Bonchev–Trinajstić information content (AvgIpc) is 2.28. The van der Waals surface area contributed by atoms with Gasteiger partial charge < -0.3 is 5.32 Å². The van der Waals surface area contributed by atoms with Gasteiger partial charge in [0.25, 0.3) is 0 Å². The van der Waals surface area contributed by atoms with E-state index in [4.69, 9.17) is 0 Å². The Morgan fingerprint density at radius 3 is 2.42 bits per heavy atom. The van der Waals surface area contributed by atoms with Gasteiger partial charge in [0.2, 0.25) is 0 Å². The fraction of sp³-hybridized carbons (Fsp3) is 1.00. The van der Waals surface area contributed by atoms with Crippen LogP contribution in [0.25, 0.3) is 0 Å². The normalized spacial score (nSPS) is 36.0. The van der Waals surface area contributed by atoms with Crippen molar-refractivity contribution in [2.75, 3.05) is 13.1 Å². The molecule has 1 saturated carbocycles. The fourth-order valence-electron chi connectivity index (χ4n) is 2.68. The molecule has 0 aromatic rings. The van der Waals surface area contributed by atoms with Crippen molar-refractivity contribution in [2.45, 2.75) is 38.5 Å². The van der Waals surface area contributed by atoms with Gasteiger partial charge in [-0.1, -0.05) is 25.7 Å². The van der Waals surface area contributed by atoms with Gasteiger partial charge in [-0.05, 0) is 37.8 Å². The third-order valence-corrected chi connectivity index (χ3v) is 3.41. The predicted molar refractivity (Wildman–Crippen MR) is 54.8 cm³/mol. The zero-order chi connectivity index (χ0) is 7.52. The van der Waals surface area contributed by atoms with E-state index >= 15 is 0 Å². The van der Waals surface area contributed by atoms with E-state index in [0.29, 0.717) is 0 Å². The Hall–Kier alpha value is 0.250. The van der Waals surface area contributed by atoms with Crippen LogP contribution in [0.1, 0.15) is 38.5 Å². The lowest BCUT2D eigenvalue weighted by Crippen LogP contribution is -2.35. The Bertz CT molecular complexity index is 113. The summed E-state index contributed by atoms with van der Waals surface area (Å²) in [7, 11) is 0. The van der Waals surface area contributed by atoms with Gasteiger partial charge in [-0.25, -0.2) is 0 Å². The summed E-state index contributed by atoms with van der Waals surface area (Å²) in [4.78, 5) is 0. The van der Waals surface area contributed by atoms with Crippen LogP contribution >= 0.6 is 12.4 Å². The van der Waals surface area contributed by atoms with Crippen molar-refractivity contribution in [1.29, 1.82) is 0 Å². The summed E-state index contributed by atoms with van der Waals surface area (Å²) < 4.78 is 0. The van der Waals surface area contributed by atoms with Gasteiger partial charge in [-0.2, -0.15) is 0 Å². The molecule has 72 valence electrons. The number of nitrogens with one attached hydrogen (secondary N) is 1. The zero-order valence-electron chi connectivity index (χ0n) is 7.72. The monoisotopic (exact) mass is 189 g/mol. The second kappa shape index (κ2) is 5.08. The van der Waals surface area contributed by atoms with Crippen molar-refractivity contribution in [1.82, 2.24) is 5.32 Å². The number of halogens is 1. The molecule has 0 aromatic heterocycles. The van der Waals surface area contributed by atoms with Crippen molar-refractivity contribution in [3.8, 4) is 0 Å². The van der Waals surface area contributed by atoms with Crippen molar-refractivity contribution >= 4 is 12.4 Å². The summed E-state index contributed by atoms with van der Waals surface area (Å²) in [6, 6.07) is 0. The summed E-state index contributed by atoms with van der Waals surface area (Å²) in [5.74, 6) is 2.12. The average molecular weight is 190 g/mol. The van der Waals surface area contributed by atoms with Crippen LogP contribution in [0.3, 0.4) is 0 Å². The minimum atomic E-state index is 0. The van der Waals surface area contributed by atoms with Gasteiger partial charge in [-0.15, -0.1) is 12.4 Å². The Morgan fingerprint density at radius 2 is 1.58 bits per heavy atom. The van der Waals surface area contributed by atoms with E-state index in [1.807, 2.05) is 0 Å². The van der Waals surface area contributed by atoms with E-state index in [1.165, 1.54) is 51.6 Å². The van der Waals surface area contributed by atoms with Gasteiger partial charge in [0.15, 0.2) is 0 Å². The Kier molecular flexibility index (Phi) is 4.38. The van der Waals surface area contributed by atoms with Crippen LogP contribution in [0.4, 0.5) is 0 Å². The first-order chi connectivity index (χ1) is 5.47. The molecule has 0 amide bonds. The lowest BCUT2D eigenvalue weighted by Gasteiger charge is -2.30. The van der Waals surface area contributed by atoms with Gasteiger partial charge in [0, 0.05) is 0 Å². The molecule has 12 heavy (non-hydrogen) atoms. The summed E-state index contributed by atoms with van der Waals surface area (Å²) in [5, 5.41) is 3.51. The molecule has 2 heteroatoms. The molecule has 2 fully saturated rings. The quantitative estimate of drug-likeness (QED) is 0.618. The summed E-state index contributed by atoms with van der Waals surface area (Å²) >= 11 is 0. The Balaban J connectivity index is 0.000000720. The van der Waals surface area contributed by atoms with E-state index in [2.05, 4.69) is 5.32 Å². The summed E-state index contributed by atoms with van der Waals surface area (Å²) in [6.07, 6.45) is 8.95.